The molecule has 0 bridgehead atoms. The molecule has 0 unspecified atom stereocenters. The molecule has 0 aliphatic carbocycles. The Morgan fingerprint density at radius 1 is 1.50 bits per heavy atom. The fraction of sp³-hybridized carbons (Fsp3) is 0.667. The van der Waals surface area contributed by atoms with Crippen LogP contribution in [0, 0.1) is 0 Å². The summed E-state index contributed by atoms with van der Waals surface area (Å²) >= 11 is 0. The molecule has 0 radical (unpaired) electrons. The largest absolute Gasteiger partial charge is 0.334 e. The van der Waals surface area contributed by atoms with Crippen molar-refractivity contribution in [1.82, 2.24) is 9.55 Å². The van der Waals surface area contributed by atoms with Crippen molar-refractivity contribution in [1.29, 1.82) is 0 Å². The SMILES string of the molecule is Cn1c(C(C)(C)C)cnc1CN. The van der Waals surface area contributed by atoms with E-state index in [0.29, 0.717) is 6.54 Å². The average molecular weight is 167 g/mol. The summed E-state index contributed by atoms with van der Waals surface area (Å²) in [6.07, 6.45) is 1.90. The van der Waals surface area contributed by atoms with Crippen LogP contribution in [0.25, 0.3) is 0 Å². The summed E-state index contributed by atoms with van der Waals surface area (Å²) in [6, 6.07) is 0. The molecule has 0 aliphatic heterocycles. The molecule has 3 nitrogen and oxygen atoms in total. The van der Waals surface area contributed by atoms with Gasteiger partial charge in [-0.2, -0.15) is 0 Å². The summed E-state index contributed by atoms with van der Waals surface area (Å²) in [6.45, 7) is 7.02. The van der Waals surface area contributed by atoms with Crippen LogP contribution in [0.15, 0.2) is 6.20 Å². The third-order valence-corrected chi connectivity index (χ3v) is 2.04. The van der Waals surface area contributed by atoms with E-state index < -0.39 is 0 Å². The highest BCUT2D eigenvalue weighted by molar-refractivity contribution is 5.13. The first-order valence-electron chi connectivity index (χ1n) is 4.18. The third-order valence-electron chi connectivity index (χ3n) is 2.04. The Hall–Kier alpha value is -0.830. The number of hydrogen-bond donors (Lipinski definition) is 1. The monoisotopic (exact) mass is 167 g/mol. The van der Waals surface area contributed by atoms with Gasteiger partial charge in [0.05, 0.1) is 6.54 Å². The molecule has 0 saturated carbocycles. The molecule has 0 fully saturated rings. The summed E-state index contributed by atoms with van der Waals surface area (Å²) in [5.41, 5.74) is 6.90. The lowest BCUT2D eigenvalue weighted by Crippen LogP contribution is -2.17. The van der Waals surface area contributed by atoms with Crippen LogP contribution in [-0.4, -0.2) is 9.55 Å². The average Bonchev–Trinajstić information content (AvgIpc) is 2.29. The van der Waals surface area contributed by atoms with Gasteiger partial charge in [0.1, 0.15) is 5.82 Å². The second-order valence-corrected chi connectivity index (χ2v) is 4.07. The van der Waals surface area contributed by atoms with E-state index in [1.165, 1.54) is 5.69 Å². The van der Waals surface area contributed by atoms with Crippen LogP contribution in [-0.2, 0) is 19.0 Å². The first-order valence-corrected chi connectivity index (χ1v) is 4.18. The number of nitrogens with two attached hydrogens (primary N) is 1. The van der Waals surface area contributed by atoms with E-state index in [0.717, 1.165) is 5.82 Å². The number of rotatable bonds is 1. The maximum atomic E-state index is 5.52. The van der Waals surface area contributed by atoms with Gasteiger partial charge in [0.2, 0.25) is 0 Å². The zero-order valence-electron chi connectivity index (χ0n) is 8.26. The van der Waals surface area contributed by atoms with E-state index in [2.05, 4.69) is 30.3 Å². The summed E-state index contributed by atoms with van der Waals surface area (Å²) in [5.74, 6) is 0.944. The van der Waals surface area contributed by atoms with Crippen LogP contribution in [0.2, 0.25) is 0 Å². The molecule has 1 rings (SSSR count). The second kappa shape index (κ2) is 2.90. The first-order chi connectivity index (χ1) is 5.46. The summed E-state index contributed by atoms with van der Waals surface area (Å²) < 4.78 is 2.07. The Bertz CT molecular complexity index is 268. The van der Waals surface area contributed by atoms with Gasteiger partial charge >= 0.3 is 0 Å². The lowest BCUT2D eigenvalue weighted by Gasteiger charge is -2.19. The van der Waals surface area contributed by atoms with Crippen LogP contribution in [0.3, 0.4) is 0 Å². The Morgan fingerprint density at radius 3 is 2.33 bits per heavy atom. The molecule has 3 heteroatoms. The van der Waals surface area contributed by atoms with Crippen molar-refractivity contribution in [3.8, 4) is 0 Å². The minimum atomic E-state index is 0.148. The van der Waals surface area contributed by atoms with Gasteiger partial charge < -0.3 is 10.3 Å². The Kier molecular flexibility index (Phi) is 2.24. The van der Waals surface area contributed by atoms with Gasteiger partial charge in [0.25, 0.3) is 0 Å². The lowest BCUT2D eigenvalue weighted by atomic mass is 9.93. The predicted octanol–water partition coefficient (Wildman–Crippen LogP) is 1.18. The van der Waals surface area contributed by atoms with Crippen LogP contribution in [0.1, 0.15) is 32.3 Å². The number of hydrogen-bond acceptors (Lipinski definition) is 2. The van der Waals surface area contributed by atoms with Crippen LogP contribution in [0.4, 0.5) is 0 Å². The summed E-state index contributed by atoms with van der Waals surface area (Å²) in [5, 5.41) is 0. The van der Waals surface area contributed by atoms with E-state index in [-0.39, 0.29) is 5.41 Å². The van der Waals surface area contributed by atoms with Crippen LogP contribution < -0.4 is 5.73 Å². The molecule has 1 aromatic rings. The molecule has 0 atom stereocenters. The van der Waals surface area contributed by atoms with Gasteiger partial charge in [-0.25, -0.2) is 4.98 Å². The molecular weight excluding hydrogens is 150 g/mol. The molecule has 0 spiro atoms. The Labute approximate surface area is 73.6 Å². The molecular formula is C9H17N3. The lowest BCUT2D eigenvalue weighted by molar-refractivity contribution is 0.537. The van der Waals surface area contributed by atoms with E-state index >= 15 is 0 Å². The Morgan fingerprint density at radius 2 is 2.08 bits per heavy atom. The summed E-state index contributed by atoms with van der Waals surface area (Å²) in [4.78, 5) is 4.24. The highest BCUT2D eigenvalue weighted by Crippen LogP contribution is 2.21. The fourth-order valence-electron chi connectivity index (χ4n) is 1.33. The summed E-state index contributed by atoms with van der Waals surface area (Å²) in [7, 11) is 2.01. The van der Waals surface area contributed by atoms with Gasteiger partial charge in [0, 0.05) is 24.4 Å². The molecule has 2 N–H and O–H groups in total. The first kappa shape index (κ1) is 9.26. The quantitative estimate of drug-likeness (QED) is 0.682. The minimum absolute atomic E-state index is 0.148. The topological polar surface area (TPSA) is 43.8 Å². The van der Waals surface area contributed by atoms with Gasteiger partial charge in [-0.05, 0) is 0 Å². The zero-order valence-corrected chi connectivity index (χ0v) is 8.26. The number of imidazole rings is 1. The van der Waals surface area contributed by atoms with Crippen molar-refractivity contribution in [2.24, 2.45) is 12.8 Å². The molecule has 0 saturated heterocycles. The standard InChI is InChI=1S/C9H17N3/c1-9(2,3)7-6-11-8(5-10)12(7)4/h6H,5,10H2,1-4H3. The van der Waals surface area contributed by atoms with E-state index in [1.807, 2.05) is 13.2 Å². The maximum absolute atomic E-state index is 5.52. The van der Waals surface area contributed by atoms with Gasteiger partial charge in [-0.3, -0.25) is 0 Å². The van der Waals surface area contributed by atoms with Crippen molar-refractivity contribution in [2.75, 3.05) is 0 Å². The molecule has 68 valence electrons. The van der Waals surface area contributed by atoms with Gasteiger partial charge in [-0.1, -0.05) is 20.8 Å². The highest BCUT2D eigenvalue weighted by Gasteiger charge is 2.18. The van der Waals surface area contributed by atoms with Crippen molar-refractivity contribution < 1.29 is 0 Å². The molecule has 0 amide bonds. The van der Waals surface area contributed by atoms with Gasteiger partial charge in [-0.15, -0.1) is 0 Å². The molecule has 12 heavy (non-hydrogen) atoms. The molecule has 0 aromatic carbocycles. The van der Waals surface area contributed by atoms with E-state index in [9.17, 15) is 0 Å². The predicted molar refractivity (Wildman–Crippen MR) is 49.8 cm³/mol. The molecule has 1 aromatic heterocycles. The Balaban J connectivity index is 3.11. The van der Waals surface area contributed by atoms with Gasteiger partial charge in [0.15, 0.2) is 0 Å². The number of aromatic nitrogens is 2. The second-order valence-electron chi connectivity index (χ2n) is 4.07. The van der Waals surface area contributed by atoms with Crippen LogP contribution in [0.5, 0.6) is 0 Å². The highest BCUT2D eigenvalue weighted by atomic mass is 15.1. The van der Waals surface area contributed by atoms with Crippen molar-refractivity contribution in [3.63, 3.8) is 0 Å². The van der Waals surface area contributed by atoms with Crippen molar-refractivity contribution in [2.45, 2.75) is 32.7 Å². The maximum Gasteiger partial charge on any atom is 0.122 e. The smallest absolute Gasteiger partial charge is 0.122 e. The fourth-order valence-corrected chi connectivity index (χ4v) is 1.33. The van der Waals surface area contributed by atoms with Crippen molar-refractivity contribution >= 4 is 0 Å². The molecule has 1 heterocycles. The van der Waals surface area contributed by atoms with E-state index in [1.54, 1.807) is 0 Å². The third kappa shape index (κ3) is 1.50. The van der Waals surface area contributed by atoms with Crippen molar-refractivity contribution in [3.05, 3.63) is 17.7 Å². The number of nitrogens with zero attached hydrogens (tertiary/aromatic N) is 2. The normalized spacial score (nSPS) is 12.1. The van der Waals surface area contributed by atoms with Crippen LogP contribution >= 0.6 is 0 Å². The molecule has 0 aliphatic rings. The zero-order chi connectivity index (χ0) is 9.35. The minimum Gasteiger partial charge on any atom is -0.334 e. The van der Waals surface area contributed by atoms with E-state index in [4.69, 9.17) is 5.73 Å².